The Labute approximate surface area is 166 Å². The van der Waals surface area contributed by atoms with E-state index in [1.807, 2.05) is 6.07 Å². The van der Waals surface area contributed by atoms with Gasteiger partial charge in [-0.25, -0.2) is 0 Å². The van der Waals surface area contributed by atoms with Crippen LogP contribution in [0.5, 0.6) is 11.5 Å². The van der Waals surface area contributed by atoms with E-state index in [2.05, 4.69) is 0 Å². The first-order valence-corrected chi connectivity index (χ1v) is 12.3. The summed E-state index contributed by atoms with van der Waals surface area (Å²) in [6.07, 6.45) is 1.05. The van der Waals surface area contributed by atoms with Gasteiger partial charge in [0.2, 0.25) is 0 Å². The number of hydrogen-bond donors (Lipinski definition) is 0. The average molecular weight is 431 g/mol. The molecule has 28 heavy (non-hydrogen) atoms. The van der Waals surface area contributed by atoms with Crippen LogP contribution in [0.3, 0.4) is 0 Å². The Morgan fingerprint density at radius 3 is 2.18 bits per heavy atom. The molecule has 0 saturated heterocycles. The zero-order valence-corrected chi connectivity index (χ0v) is 17.9. The molecule has 0 N–H and O–H groups in total. The van der Waals surface area contributed by atoms with Gasteiger partial charge in [-0.3, -0.25) is 4.18 Å². The van der Waals surface area contributed by atoms with Gasteiger partial charge in [-0.1, -0.05) is 26.0 Å². The molecule has 0 aliphatic carbocycles. The maximum atomic E-state index is 12.2. The highest BCUT2D eigenvalue weighted by molar-refractivity contribution is 7.87. The molecule has 0 aliphatic heterocycles. The minimum atomic E-state index is -3.74. The Bertz CT molecular complexity index is 1010. The monoisotopic (exact) mass is 430 g/mol. The quantitative estimate of drug-likeness (QED) is 0.505. The van der Waals surface area contributed by atoms with E-state index in [4.69, 9.17) is 13.1 Å². The summed E-state index contributed by atoms with van der Waals surface area (Å²) in [5.41, 5.74) is 0.558. The van der Waals surface area contributed by atoms with Gasteiger partial charge in [0.1, 0.15) is 11.5 Å². The van der Waals surface area contributed by atoms with Crippen LogP contribution in [0.15, 0.2) is 30.3 Å². The Balaban J connectivity index is 2.43. The molecule has 0 aliphatic rings. The molecule has 0 fully saturated rings. The zero-order valence-electron chi connectivity index (χ0n) is 16.3. The lowest BCUT2D eigenvalue weighted by Crippen LogP contribution is -2.16. The van der Waals surface area contributed by atoms with E-state index < -0.39 is 20.2 Å². The van der Waals surface area contributed by atoms with Crippen LogP contribution in [-0.4, -0.2) is 42.1 Å². The largest absolute Gasteiger partial charge is 0.497 e. The highest BCUT2D eigenvalue weighted by Crippen LogP contribution is 2.32. The molecule has 0 bridgehead atoms. The number of hydrogen-bond acceptors (Lipinski definition) is 7. The Morgan fingerprint density at radius 2 is 1.54 bits per heavy atom. The van der Waals surface area contributed by atoms with Gasteiger partial charge in [0.25, 0.3) is 10.1 Å². The van der Waals surface area contributed by atoms with Crippen LogP contribution in [-0.2, 0) is 30.8 Å². The van der Waals surface area contributed by atoms with Crippen LogP contribution in [0.4, 0.5) is 0 Å². The third-order valence-electron chi connectivity index (χ3n) is 4.04. The van der Waals surface area contributed by atoms with Gasteiger partial charge in [0, 0.05) is 12.0 Å². The van der Waals surface area contributed by atoms with Crippen molar-refractivity contribution >= 4 is 31.0 Å². The fourth-order valence-corrected chi connectivity index (χ4v) is 4.78. The van der Waals surface area contributed by atoms with E-state index >= 15 is 0 Å². The molecule has 0 amide bonds. The van der Waals surface area contributed by atoms with Crippen LogP contribution in [0, 0.1) is 0 Å². The summed E-state index contributed by atoms with van der Waals surface area (Å²) < 4.78 is 63.6. The lowest BCUT2D eigenvalue weighted by atomic mass is 10.0. The number of fused-ring (bicyclic) bond motifs is 1. The molecule has 7 nitrogen and oxygen atoms in total. The Morgan fingerprint density at radius 1 is 0.893 bits per heavy atom. The number of rotatable bonds is 11. The topological polar surface area (TPSA) is 96.0 Å². The van der Waals surface area contributed by atoms with Crippen molar-refractivity contribution in [2.45, 2.75) is 33.1 Å². The first kappa shape index (κ1) is 22.4. The molecular weight excluding hydrogens is 404 g/mol. The lowest BCUT2D eigenvalue weighted by molar-refractivity contribution is 0.321. The molecule has 0 aromatic heterocycles. The van der Waals surface area contributed by atoms with Crippen molar-refractivity contribution in [3.8, 4) is 11.5 Å². The third kappa shape index (κ3) is 6.08. The van der Waals surface area contributed by atoms with E-state index in [1.54, 1.807) is 38.1 Å². The van der Waals surface area contributed by atoms with Gasteiger partial charge in [-0.15, -0.1) is 0 Å². The van der Waals surface area contributed by atoms with Crippen LogP contribution in [0.1, 0.15) is 32.3 Å². The second-order valence-electron chi connectivity index (χ2n) is 6.31. The van der Waals surface area contributed by atoms with E-state index in [0.29, 0.717) is 24.2 Å². The molecule has 0 spiro atoms. The summed E-state index contributed by atoms with van der Waals surface area (Å²) >= 11 is 0. The third-order valence-corrected chi connectivity index (χ3v) is 6.81. The highest BCUT2D eigenvalue weighted by atomic mass is 32.2. The maximum absolute atomic E-state index is 12.2. The number of methoxy groups -OCH3 is 1. The summed E-state index contributed by atoms with van der Waals surface area (Å²) in [6.45, 7) is 3.39. The second-order valence-corrected chi connectivity index (χ2v) is 9.76. The predicted molar refractivity (Wildman–Crippen MR) is 109 cm³/mol. The standard InChI is InChI=1S/C19H26O7S2/c1-4-12-27(20,21)25-11-10-17-18-14-16(24-3)8-6-15(18)7-9-19(17)26-28(22,23)13-5-2/h6-9,14H,4-5,10-13H2,1-3H3. The van der Waals surface area contributed by atoms with Crippen molar-refractivity contribution in [2.75, 3.05) is 25.2 Å². The van der Waals surface area contributed by atoms with Crippen molar-refractivity contribution in [1.29, 1.82) is 0 Å². The highest BCUT2D eigenvalue weighted by Gasteiger charge is 2.18. The minimum absolute atomic E-state index is 0.0649. The summed E-state index contributed by atoms with van der Waals surface area (Å²) in [7, 11) is -5.82. The first-order chi connectivity index (χ1) is 13.2. The van der Waals surface area contributed by atoms with Crippen molar-refractivity contribution in [1.82, 2.24) is 0 Å². The molecule has 2 aromatic rings. The van der Waals surface area contributed by atoms with E-state index in [0.717, 1.165) is 10.8 Å². The van der Waals surface area contributed by atoms with E-state index in [1.165, 1.54) is 7.11 Å². The van der Waals surface area contributed by atoms with Crippen molar-refractivity contribution in [3.05, 3.63) is 35.9 Å². The molecule has 0 radical (unpaired) electrons. The smallest absolute Gasteiger partial charge is 0.309 e. The SMILES string of the molecule is CCCS(=O)(=O)OCCc1c(OS(=O)(=O)CCC)ccc2ccc(OC)cc12. The molecule has 2 aromatic carbocycles. The minimum Gasteiger partial charge on any atom is -0.497 e. The molecule has 2 rings (SSSR count). The normalized spacial score (nSPS) is 12.2. The van der Waals surface area contributed by atoms with Gasteiger partial charge in [0.15, 0.2) is 0 Å². The van der Waals surface area contributed by atoms with Crippen molar-refractivity contribution in [3.63, 3.8) is 0 Å². The van der Waals surface area contributed by atoms with Gasteiger partial charge >= 0.3 is 10.1 Å². The molecule has 0 heterocycles. The van der Waals surface area contributed by atoms with Gasteiger partial charge in [-0.2, -0.15) is 16.8 Å². The van der Waals surface area contributed by atoms with E-state index in [9.17, 15) is 16.8 Å². The Kier molecular flexibility index (Phi) is 7.68. The number of benzene rings is 2. The molecular formula is C19H26O7S2. The predicted octanol–water partition coefficient (Wildman–Crippen LogP) is 3.27. The fourth-order valence-electron chi connectivity index (χ4n) is 2.81. The Hall–Kier alpha value is -1.84. The zero-order chi connectivity index (χ0) is 20.8. The van der Waals surface area contributed by atoms with Crippen LogP contribution >= 0.6 is 0 Å². The number of ether oxygens (including phenoxy) is 1. The average Bonchev–Trinajstić information content (AvgIpc) is 2.62. The first-order valence-electron chi connectivity index (χ1n) is 9.10. The molecule has 0 unspecified atom stereocenters. The molecule has 9 heteroatoms. The maximum Gasteiger partial charge on any atom is 0.309 e. The summed E-state index contributed by atoms with van der Waals surface area (Å²) in [4.78, 5) is 0. The summed E-state index contributed by atoms with van der Waals surface area (Å²) in [5, 5.41) is 1.58. The fraction of sp³-hybridized carbons (Fsp3) is 0.474. The van der Waals surface area contributed by atoms with Gasteiger partial charge in [0.05, 0.1) is 25.2 Å². The van der Waals surface area contributed by atoms with Gasteiger partial charge in [-0.05, 0) is 41.8 Å². The summed E-state index contributed by atoms with van der Waals surface area (Å²) in [6, 6.07) is 8.74. The second kappa shape index (κ2) is 9.58. The van der Waals surface area contributed by atoms with Crippen LogP contribution in [0.25, 0.3) is 10.8 Å². The van der Waals surface area contributed by atoms with Crippen LogP contribution < -0.4 is 8.92 Å². The molecule has 0 atom stereocenters. The van der Waals surface area contributed by atoms with E-state index in [-0.39, 0.29) is 30.3 Å². The van der Waals surface area contributed by atoms with Crippen molar-refractivity contribution in [2.24, 2.45) is 0 Å². The van der Waals surface area contributed by atoms with Crippen molar-refractivity contribution < 1.29 is 29.9 Å². The lowest BCUT2D eigenvalue weighted by Gasteiger charge is -2.15. The van der Waals surface area contributed by atoms with Gasteiger partial charge < -0.3 is 8.92 Å². The molecule has 156 valence electrons. The van der Waals surface area contributed by atoms with Crippen LogP contribution in [0.2, 0.25) is 0 Å². The summed E-state index contributed by atoms with van der Waals surface area (Å²) in [5.74, 6) is 0.599. The molecule has 0 saturated carbocycles.